The molecule has 96 valence electrons. The molecule has 0 atom stereocenters. The van der Waals surface area contributed by atoms with Crippen LogP contribution in [0.2, 0.25) is 0 Å². The molecule has 0 aliphatic carbocycles. The van der Waals surface area contributed by atoms with Crippen molar-refractivity contribution in [3.8, 4) is 0 Å². The van der Waals surface area contributed by atoms with Gasteiger partial charge in [-0.25, -0.2) is 8.78 Å². The lowest BCUT2D eigenvalue weighted by Crippen LogP contribution is -2.11. The van der Waals surface area contributed by atoms with Crippen LogP contribution in [0.5, 0.6) is 0 Å². The first-order chi connectivity index (χ1) is 8.70. The van der Waals surface area contributed by atoms with Crippen LogP contribution in [0.25, 0.3) is 0 Å². The van der Waals surface area contributed by atoms with Crippen molar-refractivity contribution in [2.75, 3.05) is 13.6 Å². The average Bonchev–Trinajstić information content (AvgIpc) is 2.80. The summed E-state index contributed by atoms with van der Waals surface area (Å²) in [5, 5.41) is 6.72. The third kappa shape index (κ3) is 2.89. The lowest BCUT2D eigenvalue weighted by Gasteiger charge is -1.99. The Morgan fingerprint density at radius 2 is 2.17 bits per heavy atom. The molecule has 18 heavy (non-hydrogen) atoms. The summed E-state index contributed by atoms with van der Waals surface area (Å²) in [6.45, 7) is 0.729. The van der Waals surface area contributed by atoms with Gasteiger partial charge in [-0.1, -0.05) is 17.3 Å². The van der Waals surface area contributed by atoms with Crippen LogP contribution >= 0.6 is 0 Å². The molecule has 0 aliphatic heterocycles. The zero-order valence-corrected chi connectivity index (χ0v) is 9.91. The Morgan fingerprint density at radius 3 is 2.94 bits per heavy atom. The zero-order chi connectivity index (χ0) is 13.0. The molecule has 1 aromatic carbocycles. The van der Waals surface area contributed by atoms with E-state index in [9.17, 15) is 8.78 Å². The standard InChI is InChI=1S/C12H13F2N3O/c1-15-6-5-10-16-11(18-17-10)7-8-3-2-4-9(13)12(8)14/h2-4,15H,5-7H2,1H3. The molecule has 0 fully saturated rings. The van der Waals surface area contributed by atoms with E-state index in [1.165, 1.54) is 12.1 Å². The summed E-state index contributed by atoms with van der Waals surface area (Å²) in [6, 6.07) is 4.02. The molecule has 2 rings (SSSR count). The Labute approximate surface area is 103 Å². The number of hydrogen-bond acceptors (Lipinski definition) is 4. The van der Waals surface area contributed by atoms with Gasteiger partial charge in [0.25, 0.3) is 0 Å². The van der Waals surface area contributed by atoms with Crippen LogP contribution in [0, 0.1) is 11.6 Å². The van der Waals surface area contributed by atoms with Crippen LogP contribution in [0.4, 0.5) is 8.78 Å². The first-order valence-electron chi connectivity index (χ1n) is 5.59. The van der Waals surface area contributed by atoms with E-state index >= 15 is 0 Å². The highest BCUT2D eigenvalue weighted by atomic mass is 19.2. The molecule has 2 aromatic rings. The summed E-state index contributed by atoms with van der Waals surface area (Å²) < 4.78 is 31.4. The number of halogens is 2. The van der Waals surface area contributed by atoms with E-state index < -0.39 is 11.6 Å². The van der Waals surface area contributed by atoms with Gasteiger partial charge in [-0.05, 0) is 13.1 Å². The minimum Gasteiger partial charge on any atom is -0.339 e. The predicted molar refractivity (Wildman–Crippen MR) is 61.1 cm³/mol. The molecule has 1 heterocycles. The van der Waals surface area contributed by atoms with Crippen LogP contribution in [0.3, 0.4) is 0 Å². The van der Waals surface area contributed by atoms with E-state index in [0.717, 1.165) is 12.6 Å². The van der Waals surface area contributed by atoms with E-state index in [1.807, 2.05) is 7.05 Å². The third-order valence-corrected chi connectivity index (χ3v) is 2.48. The van der Waals surface area contributed by atoms with Crippen molar-refractivity contribution in [3.05, 3.63) is 47.1 Å². The van der Waals surface area contributed by atoms with E-state index in [-0.39, 0.29) is 17.9 Å². The summed E-state index contributed by atoms with van der Waals surface area (Å²) in [5.74, 6) is -0.906. The average molecular weight is 253 g/mol. The quantitative estimate of drug-likeness (QED) is 0.881. The van der Waals surface area contributed by atoms with E-state index in [1.54, 1.807) is 0 Å². The molecule has 1 N–H and O–H groups in total. The van der Waals surface area contributed by atoms with Gasteiger partial charge < -0.3 is 9.84 Å². The smallest absolute Gasteiger partial charge is 0.231 e. The van der Waals surface area contributed by atoms with Crippen molar-refractivity contribution in [1.29, 1.82) is 0 Å². The van der Waals surface area contributed by atoms with E-state index in [2.05, 4.69) is 15.5 Å². The van der Waals surface area contributed by atoms with Gasteiger partial charge in [0.1, 0.15) is 0 Å². The Kier molecular flexibility index (Phi) is 3.99. The SMILES string of the molecule is CNCCc1noc(Cc2cccc(F)c2F)n1. The lowest BCUT2D eigenvalue weighted by atomic mass is 10.1. The summed E-state index contributed by atoms with van der Waals surface area (Å²) in [5.41, 5.74) is 0.207. The van der Waals surface area contributed by atoms with Crippen molar-refractivity contribution >= 4 is 0 Å². The Morgan fingerprint density at radius 1 is 1.33 bits per heavy atom. The fourth-order valence-electron chi connectivity index (χ4n) is 1.55. The van der Waals surface area contributed by atoms with E-state index in [0.29, 0.717) is 12.2 Å². The van der Waals surface area contributed by atoms with Gasteiger partial charge in [-0.15, -0.1) is 0 Å². The largest absolute Gasteiger partial charge is 0.339 e. The van der Waals surface area contributed by atoms with Crippen molar-refractivity contribution in [1.82, 2.24) is 15.5 Å². The van der Waals surface area contributed by atoms with Crippen molar-refractivity contribution in [2.45, 2.75) is 12.8 Å². The minimum absolute atomic E-state index is 0.0934. The van der Waals surface area contributed by atoms with Crippen LogP contribution in [-0.2, 0) is 12.8 Å². The number of aromatic nitrogens is 2. The number of rotatable bonds is 5. The van der Waals surface area contributed by atoms with Gasteiger partial charge in [-0.2, -0.15) is 4.98 Å². The molecule has 6 heteroatoms. The molecule has 0 bridgehead atoms. The van der Waals surface area contributed by atoms with Crippen LogP contribution in [0.1, 0.15) is 17.3 Å². The highest BCUT2D eigenvalue weighted by Crippen LogP contribution is 2.15. The summed E-state index contributed by atoms with van der Waals surface area (Å²) in [4.78, 5) is 4.11. The maximum atomic E-state index is 13.4. The summed E-state index contributed by atoms with van der Waals surface area (Å²) in [7, 11) is 1.82. The number of benzene rings is 1. The van der Waals surface area contributed by atoms with Crippen molar-refractivity contribution < 1.29 is 13.3 Å². The van der Waals surface area contributed by atoms with Gasteiger partial charge >= 0.3 is 0 Å². The van der Waals surface area contributed by atoms with Crippen molar-refractivity contribution in [3.63, 3.8) is 0 Å². The fourth-order valence-corrected chi connectivity index (χ4v) is 1.55. The second-order valence-corrected chi connectivity index (χ2v) is 3.85. The summed E-state index contributed by atoms with van der Waals surface area (Å²) in [6.07, 6.45) is 0.724. The second kappa shape index (κ2) is 5.68. The van der Waals surface area contributed by atoms with Gasteiger partial charge in [0.2, 0.25) is 5.89 Å². The number of hydrogen-bond donors (Lipinski definition) is 1. The normalized spacial score (nSPS) is 10.8. The molecular formula is C12H13F2N3O. The van der Waals surface area contributed by atoms with Crippen molar-refractivity contribution in [2.24, 2.45) is 0 Å². The highest BCUT2D eigenvalue weighted by Gasteiger charge is 2.12. The van der Waals surface area contributed by atoms with Crippen LogP contribution in [-0.4, -0.2) is 23.7 Å². The topological polar surface area (TPSA) is 51.0 Å². The molecule has 0 radical (unpaired) electrons. The maximum Gasteiger partial charge on any atom is 0.231 e. The fraction of sp³-hybridized carbons (Fsp3) is 0.333. The Balaban J connectivity index is 2.09. The molecule has 0 saturated heterocycles. The Hall–Kier alpha value is -1.82. The maximum absolute atomic E-state index is 13.4. The molecule has 4 nitrogen and oxygen atoms in total. The molecule has 0 unspecified atom stereocenters. The first-order valence-corrected chi connectivity index (χ1v) is 5.59. The summed E-state index contributed by atoms with van der Waals surface area (Å²) >= 11 is 0. The predicted octanol–water partition coefficient (Wildman–Crippen LogP) is 1.70. The lowest BCUT2D eigenvalue weighted by molar-refractivity contribution is 0.377. The zero-order valence-electron chi connectivity index (χ0n) is 9.91. The molecule has 1 aromatic heterocycles. The van der Waals surface area contributed by atoms with Gasteiger partial charge in [0.05, 0.1) is 6.42 Å². The number of nitrogens with one attached hydrogen (secondary N) is 1. The molecule has 0 spiro atoms. The van der Waals surface area contributed by atoms with Gasteiger partial charge in [-0.3, -0.25) is 0 Å². The number of nitrogens with zero attached hydrogens (tertiary/aromatic N) is 2. The monoisotopic (exact) mass is 253 g/mol. The van der Waals surface area contributed by atoms with Crippen LogP contribution < -0.4 is 5.32 Å². The van der Waals surface area contributed by atoms with E-state index in [4.69, 9.17) is 4.52 Å². The molecule has 0 aliphatic rings. The van der Waals surface area contributed by atoms with Gasteiger partial charge in [0, 0.05) is 18.5 Å². The first kappa shape index (κ1) is 12.6. The molecular weight excluding hydrogens is 240 g/mol. The van der Waals surface area contributed by atoms with Crippen LogP contribution in [0.15, 0.2) is 22.7 Å². The number of likely N-dealkylation sites (N-methyl/N-ethyl adjacent to an activating group) is 1. The Bertz CT molecular complexity index is 528. The second-order valence-electron chi connectivity index (χ2n) is 3.85. The third-order valence-electron chi connectivity index (χ3n) is 2.48. The molecule has 0 saturated carbocycles. The molecule has 0 amide bonds. The van der Waals surface area contributed by atoms with Gasteiger partial charge in [0.15, 0.2) is 17.5 Å². The highest BCUT2D eigenvalue weighted by molar-refractivity contribution is 5.21. The minimum atomic E-state index is -0.873.